The Morgan fingerprint density at radius 1 is 1.32 bits per heavy atom. The zero-order valence-corrected chi connectivity index (χ0v) is 14.2. The number of likely N-dealkylation sites (tertiary alicyclic amines) is 1. The van der Waals surface area contributed by atoms with Crippen molar-refractivity contribution in [3.8, 4) is 5.88 Å². The van der Waals surface area contributed by atoms with Gasteiger partial charge in [0.2, 0.25) is 11.8 Å². The first-order chi connectivity index (χ1) is 12.3. The highest BCUT2D eigenvalue weighted by molar-refractivity contribution is 7.99. The van der Waals surface area contributed by atoms with Crippen LogP contribution in [0.5, 0.6) is 5.88 Å². The molecular weight excluding hydrogens is 340 g/mol. The SMILES string of the molecule is O=C(CSc1nc2ccccc2o1)N1CCC(Oc2cccnn2)C1. The summed E-state index contributed by atoms with van der Waals surface area (Å²) in [6.45, 7) is 1.24. The van der Waals surface area contributed by atoms with E-state index < -0.39 is 0 Å². The molecule has 1 saturated heterocycles. The highest BCUT2D eigenvalue weighted by atomic mass is 32.2. The van der Waals surface area contributed by atoms with Crippen molar-refractivity contribution in [3.05, 3.63) is 42.6 Å². The maximum atomic E-state index is 12.4. The molecule has 0 N–H and O–H groups in total. The summed E-state index contributed by atoms with van der Waals surface area (Å²) in [5, 5.41) is 8.21. The van der Waals surface area contributed by atoms with E-state index in [2.05, 4.69) is 15.2 Å². The molecule has 0 spiro atoms. The van der Waals surface area contributed by atoms with Crippen LogP contribution in [0.1, 0.15) is 6.42 Å². The van der Waals surface area contributed by atoms with Crippen molar-refractivity contribution in [1.82, 2.24) is 20.1 Å². The summed E-state index contributed by atoms with van der Waals surface area (Å²) in [6, 6.07) is 11.1. The Morgan fingerprint density at radius 3 is 3.08 bits per heavy atom. The molecule has 0 saturated carbocycles. The molecular formula is C17H16N4O3S. The molecule has 4 rings (SSSR count). The third-order valence-corrected chi connectivity index (χ3v) is 4.74. The number of amides is 1. The minimum atomic E-state index is -0.0463. The molecule has 1 fully saturated rings. The van der Waals surface area contributed by atoms with Gasteiger partial charge in [-0.1, -0.05) is 23.9 Å². The molecule has 2 aromatic heterocycles. The van der Waals surface area contributed by atoms with Gasteiger partial charge in [0.25, 0.3) is 5.22 Å². The molecule has 1 amide bonds. The lowest BCUT2D eigenvalue weighted by molar-refractivity contribution is -0.127. The number of oxazole rings is 1. The number of rotatable bonds is 5. The number of carbonyl (C=O) groups excluding carboxylic acids is 1. The van der Waals surface area contributed by atoms with Crippen LogP contribution < -0.4 is 4.74 Å². The molecule has 128 valence electrons. The van der Waals surface area contributed by atoms with Gasteiger partial charge < -0.3 is 14.1 Å². The van der Waals surface area contributed by atoms with E-state index in [0.717, 1.165) is 17.5 Å². The summed E-state index contributed by atoms with van der Waals surface area (Å²) < 4.78 is 11.4. The predicted octanol–water partition coefficient (Wildman–Crippen LogP) is 2.39. The molecule has 0 aliphatic carbocycles. The third-order valence-electron chi connectivity index (χ3n) is 3.93. The lowest BCUT2D eigenvalue weighted by Gasteiger charge is -2.16. The molecule has 1 aliphatic rings. The van der Waals surface area contributed by atoms with E-state index in [1.807, 2.05) is 24.3 Å². The highest BCUT2D eigenvalue weighted by Gasteiger charge is 2.28. The number of carbonyl (C=O) groups is 1. The number of aromatic nitrogens is 3. The van der Waals surface area contributed by atoms with Crippen LogP contribution in [0.15, 0.2) is 52.2 Å². The van der Waals surface area contributed by atoms with Crippen LogP contribution in [-0.2, 0) is 4.79 Å². The van der Waals surface area contributed by atoms with Gasteiger partial charge >= 0.3 is 0 Å². The van der Waals surface area contributed by atoms with Gasteiger partial charge in [0.05, 0.1) is 12.3 Å². The van der Waals surface area contributed by atoms with Gasteiger partial charge in [-0.2, -0.15) is 5.10 Å². The van der Waals surface area contributed by atoms with E-state index in [4.69, 9.17) is 9.15 Å². The van der Waals surface area contributed by atoms with Crippen LogP contribution in [0.25, 0.3) is 11.1 Å². The molecule has 0 bridgehead atoms. The molecule has 1 unspecified atom stereocenters. The maximum absolute atomic E-state index is 12.4. The van der Waals surface area contributed by atoms with E-state index in [1.54, 1.807) is 23.2 Å². The van der Waals surface area contributed by atoms with Gasteiger partial charge in [-0.3, -0.25) is 4.79 Å². The minimum absolute atomic E-state index is 0.0463. The van der Waals surface area contributed by atoms with E-state index in [-0.39, 0.29) is 12.0 Å². The van der Waals surface area contributed by atoms with Gasteiger partial charge in [-0.15, -0.1) is 5.10 Å². The molecule has 1 aliphatic heterocycles. The monoisotopic (exact) mass is 356 g/mol. The van der Waals surface area contributed by atoms with Crippen molar-refractivity contribution < 1.29 is 13.9 Å². The van der Waals surface area contributed by atoms with Crippen molar-refractivity contribution >= 4 is 28.8 Å². The number of benzene rings is 1. The van der Waals surface area contributed by atoms with Crippen LogP contribution in [0.2, 0.25) is 0 Å². The summed E-state index contributed by atoms with van der Waals surface area (Å²) in [4.78, 5) is 18.6. The van der Waals surface area contributed by atoms with Crippen molar-refractivity contribution in [2.24, 2.45) is 0 Å². The fourth-order valence-corrected chi connectivity index (χ4v) is 3.44. The minimum Gasteiger partial charge on any atom is -0.471 e. The first kappa shape index (κ1) is 15.9. The van der Waals surface area contributed by atoms with Gasteiger partial charge in [-0.25, -0.2) is 4.98 Å². The van der Waals surface area contributed by atoms with Gasteiger partial charge in [-0.05, 0) is 18.2 Å². The Labute approximate surface area is 148 Å². The van der Waals surface area contributed by atoms with E-state index in [1.165, 1.54) is 11.8 Å². The van der Waals surface area contributed by atoms with Gasteiger partial charge in [0, 0.05) is 25.2 Å². The third kappa shape index (κ3) is 3.74. The van der Waals surface area contributed by atoms with E-state index >= 15 is 0 Å². The Bertz CT molecular complexity index is 837. The van der Waals surface area contributed by atoms with Crippen LogP contribution in [0.4, 0.5) is 0 Å². The average molecular weight is 356 g/mol. The molecule has 8 heteroatoms. The van der Waals surface area contributed by atoms with Crippen molar-refractivity contribution in [2.75, 3.05) is 18.8 Å². The van der Waals surface area contributed by atoms with E-state index in [0.29, 0.717) is 29.9 Å². The van der Waals surface area contributed by atoms with Crippen LogP contribution in [0, 0.1) is 0 Å². The van der Waals surface area contributed by atoms with Crippen molar-refractivity contribution in [1.29, 1.82) is 0 Å². The number of thioether (sulfide) groups is 1. The van der Waals surface area contributed by atoms with Gasteiger partial charge in [0.1, 0.15) is 11.6 Å². The molecule has 0 radical (unpaired) electrons. The summed E-state index contributed by atoms with van der Waals surface area (Å²) in [5.74, 6) is 0.838. The summed E-state index contributed by atoms with van der Waals surface area (Å²) in [7, 11) is 0. The quantitative estimate of drug-likeness (QED) is 0.649. The number of nitrogens with zero attached hydrogens (tertiary/aromatic N) is 4. The van der Waals surface area contributed by atoms with Crippen LogP contribution >= 0.6 is 11.8 Å². The predicted molar refractivity (Wildman–Crippen MR) is 92.4 cm³/mol. The number of ether oxygens (including phenoxy) is 1. The smallest absolute Gasteiger partial charge is 0.257 e. The Kier molecular flexibility index (Phi) is 4.51. The maximum Gasteiger partial charge on any atom is 0.257 e. The highest BCUT2D eigenvalue weighted by Crippen LogP contribution is 2.24. The lowest BCUT2D eigenvalue weighted by atomic mass is 10.3. The van der Waals surface area contributed by atoms with Gasteiger partial charge in [0.15, 0.2) is 5.58 Å². The number of hydrogen-bond acceptors (Lipinski definition) is 7. The second-order valence-electron chi connectivity index (χ2n) is 5.67. The van der Waals surface area contributed by atoms with Crippen molar-refractivity contribution in [2.45, 2.75) is 17.7 Å². The average Bonchev–Trinajstić information content (AvgIpc) is 3.27. The molecule has 1 atom stereocenters. The molecule has 1 aromatic carbocycles. The number of para-hydroxylation sites is 2. The second-order valence-corrected chi connectivity index (χ2v) is 6.59. The topological polar surface area (TPSA) is 81.4 Å². The Morgan fingerprint density at radius 2 is 2.24 bits per heavy atom. The fourth-order valence-electron chi connectivity index (χ4n) is 2.70. The molecule has 7 nitrogen and oxygen atoms in total. The van der Waals surface area contributed by atoms with Crippen molar-refractivity contribution in [3.63, 3.8) is 0 Å². The summed E-state index contributed by atoms with van der Waals surface area (Å²) >= 11 is 1.31. The van der Waals surface area contributed by atoms with Crippen LogP contribution in [-0.4, -0.2) is 50.9 Å². The standard InChI is InChI=1S/C17H16N4O3S/c22-16(11-25-17-19-13-4-1-2-5-14(13)24-17)21-9-7-12(10-21)23-15-6-3-8-18-20-15/h1-6,8,12H,7,9-11H2. The molecule has 3 heterocycles. The lowest BCUT2D eigenvalue weighted by Crippen LogP contribution is -2.32. The largest absolute Gasteiger partial charge is 0.471 e. The van der Waals surface area contributed by atoms with E-state index in [9.17, 15) is 4.79 Å². The summed E-state index contributed by atoms with van der Waals surface area (Å²) in [6.07, 6.45) is 2.34. The first-order valence-electron chi connectivity index (χ1n) is 7.98. The zero-order valence-electron chi connectivity index (χ0n) is 13.4. The Hall–Kier alpha value is -2.61. The number of hydrogen-bond donors (Lipinski definition) is 0. The summed E-state index contributed by atoms with van der Waals surface area (Å²) in [5.41, 5.74) is 1.53. The molecule has 3 aromatic rings. The molecule has 25 heavy (non-hydrogen) atoms. The van der Waals surface area contributed by atoms with Crippen LogP contribution in [0.3, 0.4) is 0 Å². The first-order valence-corrected chi connectivity index (χ1v) is 8.97. The Balaban J connectivity index is 1.30. The normalized spacial score (nSPS) is 17.1. The second kappa shape index (κ2) is 7.10. The fraction of sp³-hybridized carbons (Fsp3) is 0.294. The zero-order chi connectivity index (χ0) is 17.1. The number of fused-ring (bicyclic) bond motifs is 1.